The van der Waals surface area contributed by atoms with E-state index in [-0.39, 0.29) is 17.8 Å². The molecule has 196 valence electrons. The number of carbonyl (C=O) groups excluding carboxylic acids is 2. The number of carbonyl (C=O) groups is 2. The number of aromatic nitrogens is 2. The number of nitrogens with one attached hydrogen (secondary N) is 1. The van der Waals surface area contributed by atoms with Gasteiger partial charge in [0.1, 0.15) is 6.10 Å². The minimum absolute atomic E-state index is 0.198. The van der Waals surface area contributed by atoms with Crippen LogP contribution in [0.15, 0.2) is 53.3 Å². The van der Waals surface area contributed by atoms with Crippen molar-refractivity contribution in [3.63, 3.8) is 0 Å². The van der Waals surface area contributed by atoms with Gasteiger partial charge in [0.2, 0.25) is 0 Å². The molecule has 2 aliphatic rings. The van der Waals surface area contributed by atoms with Gasteiger partial charge in [-0.1, -0.05) is 35.9 Å². The summed E-state index contributed by atoms with van der Waals surface area (Å²) in [4.78, 5) is 39.8. The van der Waals surface area contributed by atoms with Crippen LogP contribution < -0.4 is 16.7 Å². The molecule has 0 radical (unpaired) electrons. The van der Waals surface area contributed by atoms with E-state index in [4.69, 9.17) is 22.1 Å². The minimum Gasteiger partial charge on any atom is -0.441 e. The number of fused-ring (bicyclic) bond motifs is 1. The highest BCUT2D eigenvalue weighted by atomic mass is 35.5. The first-order valence-electron chi connectivity index (χ1n) is 12.8. The highest BCUT2D eigenvalue weighted by Crippen LogP contribution is 2.36. The van der Waals surface area contributed by atoms with Crippen LogP contribution in [0.3, 0.4) is 0 Å². The molecule has 0 spiro atoms. The van der Waals surface area contributed by atoms with Crippen molar-refractivity contribution >= 4 is 34.8 Å². The molecule has 10 heteroatoms. The lowest BCUT2D eigenvalue weighted by molar-refractivity contribution is 0.0860. The van der Waals surface area contributed by atoms with Gasteiger partial charge in [0.15, 0.2) is 0 Å². The summed E-state index contributed by atoms with van der Waals surface area (Å²) in [7, 11) is 0. The summed E-state index contributed by atoms with van der Waals surface area (Å²) in [6.45, 7) is 3.05. The summed E-state index contributed by atoms with van der Waals surface area (Å²) < 4.78 is 8.38. The monoisotopic (exact) mass is 525 g/mol. The maximum Gasteiger partial charge on any atom is 0.405 e. The van der Waals surface area contributed by atoms with E-state index in [1.165, 1.54) is 4.57 Å². The number of halogens is 1. The lowest BCUT2D eigenvalue weighted by Gasteiger charge is -2.32. The van der Waals surface area contributed by atoms with Gasteiger partial charge in [0.25, 0.3) is 0 Å². The first-order valence-corrected chi connectivity index (χ1v) is 13.2. The summed E-state index contributed by atoms with van der Waals surface area (Å²) in [6.07, 6.45) is 3.21. The van der Waals surface area contributed by atoms with Crippen LogP contribution in [0, 0.1) is 5.92 Å². The second-order valence-corrected chi connectivity index (χ2v) is 10.4. The van der Waals surface area contributed by atoms with Crippen LogP contribution in [0.4, 0.5) is 9.59 Å². The van der Waals surface area contributed by atoms with Crippen LogP contribution in [-0.4, -0.2) is 52.3 Å². The molecule has 2 fully saturated rings. The lowest BCUT2D eigenvalue weighted by Crippen LogP contribution is -2.42. The van der Waals surface area contributed by atoms with Gasteiger partial charge in [-0.3, -0.25) is 4.57 Å². The van der Waals surface area contributed by atoms with Gasteiger partial charge in [0.05, 0.1) is 11.0 Å². The lowest BCUT2D eigenvalue weighted by atomic mass is 9.96. The molecule has 3 N–H and O–H groups in total. The molecule has 37 heavy (non-hydrogen) atoms. The van der Waals surface area contributed by atoms with Crippen molar-refractivity contribution in [2.24, 2.45) is 11.7 Å². The SMILES string of the molecule is NC(=O)OC(CCN1CCC(CNC(=O)n2c(=O)n(C3CC3)c3ccccc32)CC1)c1ccc(Cl)cc1. The number of nitrogens with zero attached hydrogens (tertiary/aromatic N) is 3. The molecule has 5 rings (SSSR count). The van der Waals surface area contributed by atoms with Crippen molar-refractivity contribution < 1.29 is 14.3 Å². The number of imidazole rings is 1. The quantitative estimate of drug-likeness (QED) is 0.455. The van der Waals surface area contributed by atoms with E-state index in [0.717, 1.165) is 56.4 Å². The zero-order valence-electron chi connectivity index (χ0n) is 20.6. The first kappa shape index (κ1) is 25.4. The van der Waals surface area contributed by atoms with Crippen LogP contribution in [-0.2, 0) is 4.74 Å². The average Bonchev–Trinajstić information content (AvgIpc) is 3.68. The fraction of sp³-hybridized carbons (Fsp3) is 0.444. The van der Waals surface area contributed by atoms with Gasteiger partial charge in [-0.25, -0.2) is 19.0 Å². The Morgan fingerprint density at radius 1 is 1.03 bits per heavy atom. The molecule has 1 aliphatic carbocycles. The van der Waals surface area contributed by atoms with Crippen molar-refractivity contribution in [1.82, 2.24) is 19.4 Å². The van der Waals surface area contributed by atoms with Crippen LogP contribution in [0.25, 0.3) is 11.0 Å². The second-order valence-electron chi connectivity index (χ2n) is 9.94. The van der Waals surface area contributed by atoms with Crippen LogP contribution in [0.1, 0.15) is 49.8 Å². The number of nitrogens with two attached hydrogens (primary N) is 1. The van der Waals surface area contributed by atoms with Gasteiger partial charge in [-0.2, -0.15) is 0 Å². The molecule has 1 aliphatic heterocycles. The molecule has 1 saturated carbocycles. The topological polar surface area (TPSA) is 112 Å². The summed E-state index contributed by atoms with van der Waals surface area (Å²) >= 11 is 5.98. The number of piperidine rings is 1. The van der Waals surface area contributed by atoms with Crippen LogP contribution in [0.5, 0.6) is 0 Å². The van der Waals surface area contributed by atoms with Crippen molar-refractivity contribution in [2.75, 3.05) is 26.2 Å². The Labute approximate surface area is 220 Å². The highest BCUT2D eigenvalue weighted by molar-refractivity contribution is 6.30. The molecule has 3 aromatic rings. The number of amides is 2. The van der Waals surface area contributed by atoms with Crippen LogP contribution >= 0.6 is 11.6 Å². The Balaban J connectivity index is 1.13. The van der Waals surface area contributed by atoms with Gasteiger partial charge in [0, 0.05) is 30.6 Å². The molecular formula is C27H32ClN5O4. The number of primary amides is 1. The molecule has 2 aromatic carbocycles. The zero-order chi connectivity index (χ0) is 25.9. The molecular weight excluding hydrogens is 494 g/mol. The predicted octanol–water partition coefficient (Wildman–Crippen LogP) is 4.29. The molecule has 1 atom stereocenters. The van der Waals surface area contributed by atoms with Crippen molar-refractivity contribution in [1.29, 1.82) is 0 Å². The summed E-state index contributed by atoms with van der Waals surface area (Å²) in [5, 5.41) is 3.62. The van der Waals surface area contributed by atoms with E-state index in [1.54, 1.807) is 16.7 Å². The minimum atomic E-state index is -0.797. The second kappa shape index (κ2) is 11.0. The average molecular weight is 526 g/mol. The van der Waals surface area contributed by atoms with Crippen LogP contribution in [0.2, 0.25) is 5.02 Å². The van der Waals surface area contributed by atoms with E-state index in [0.29, 0.717) is 29.4 Å². The molecule has 2 heterocycles. The smallest absolute Gasteiger partial charge is 0.405 e. The Morgan fingerprint density at radius 2 is 1.70 bits per heavy atom. The molecule has 0 bridgehead atoms. The Morgan fingerprint density at radius 3 is 2.35 bits per heavy atom. The van der Waals surface area contributed by atoms with E-state index >= 15 is 0 Å². The third-order valence-electron chi connectivity index (χ3n) is 7.35. The largest absolute Gasteiger partial charge is 0.441 e. The predicted molar refractivity (Wildman–Crippen MR) is 142 cm³/mol. The highest BCUT2D eigenvalue weighted by Gasteiger charge is 2.30. The molecule has 1 unspecified atom stereocenters. The molecule has 1 saturated heterocycles. The van der Waals surface area contributed by atoms with Crippen molar-refractivity contribution in [2.45, 2.75) is 44.2 Å². The van der Waals surface area contributed by atoms with Crippen molar-refractivity contribution in [3.8, 4) is 0 Å². The maximum atomic E-state index is 13.0. The van der Waals surface area contributed by atoms with E-state index in [9.17, 15) is 14.4 Å². The van der Waals surface area contributed by atoms with E-state index in [2.05, 4.69) is 10.2 Å². The maximum absolute atomic E-state index is 13.0. The Bertz CT molecular complexity index is 1320. The number of hydrogen-bond acceptors (Lipinski definition) is 5. The fourth-order valence-corrected chi connectivity index (χ4v) is 5.31. The number of para-hydroxylation sites is 2. The fourth-order valence-electron chi connectivity index (χ4n) is 5.19. The van der Waals surface area contributed by atoms with Gasteiger partial charge < -0.3 is 20.7 Å². The Kier molecular flexibility index (Phi) is 7.53. The third-order valence-corrected chi connectivity index (χ3v) is 7.60. The summed E-state index contributed by atoms with van der Waals surface area (Å²) in [5.74, 6) is 0.335. The summed E-state index contributed by atoms with van der Waals surface area (Å²) in [5.41, 5.74) is 7.36. The molecule has 2 amide bonds. The van der Waals surface area contributed by atoms with E-state index < -0.39 is 12.2 Å². The van der Waals surface area contributed by atoms with E-state index in [1.807, 2.05) is 36.4 Å². The zero-order valence-corrected chi connectivity index (χ0v) is 21.4. The molecule has 9 nitrogen and oxygen atoms in total. The van der Waals surface area contributed by atoms with Gasteiger partial charge in [-0.15, -0.1) is 0 Å². The standard InChI is InChI=1S/C27H32ClN5O4/c28-20-7-5-19(6-8-20)24(37-25(29)34)13-16-31-14-11-18(12-15-31)17-30-26(35)33-23-4-2-1-3-22(23)32(27(33)36)21-9-10-21/h1-8,18,21,24H,9-17H2,(H2,29,34)(H,30,35). The normalized spacial score (nSPS) is 17.5. The first-order chi connectivity index (χ1) is 17.9. The Hall–Kier alpha value is -3.30. The van der Waals surface area contributed by atoms with Gasteiger partial charge in [-0.05, 0) is 74.5 Å². The third kappa shape index (κ3) is 5.83. The number of likely N-dealkylation sites (tertiary alicyclic amines) is 1. The van der Waals surface area contributed by atoms with Crippen molar-refractivity contribution in [3.05, 3.63) is 69.6 Å². The number of hydrogen-bond donors (Lipinski definition) is 2. The summed E-state index contributed by atoms with van der Waals surface area (Å²) in [6, 6.07) is 14.5. The number of rotatable bonds is 8. The van der Waals surface area contributed by atoms with Gasteiger partial charge >= 0.3 is 17.8 Å². The molecule has 1 aromatic heterocycles. The number of ether oxygens (including phenoxy) is 1. The number of benzene rings is 2.